The molecular weight excluding hydrogens is 558 g/mol. The summed E-state index contributed by atoms with van der Waals surface area (Å²) >= 11 is 0. The molecule has 0 amide bonds. The molecule has 2 fully saturated rings. The first-order valence-electron chi connectivity index (χ1n) is 13.4. The standard InChI is InChI=1S/C32H31NO8S/c1-5-24-25(33-42(36,37)23-18-16-20(2)17-19-23)27-29(41-32(3,4)40-27)28(39-31(35)22-14-10-7-11-15-22)26(24)38-30(34)21-12-8-6-9-13-21/h1,6-19,24-29,33H,2-4H3/t24-,25-,26+,27+,28+,29+/m1/s1. The van der Waals surface area contributed by atoms with E-state index < -0.39 is 64.1 Å². The summed E-state index contributed by atoms with van der Waals surface area (Å²) in [6.45, 7) is 5.16. The first kappa shape index (κ1) is 29.5. The fourth-order valence-electron chi connectivity index (χ4n) is 5.26. The molecule has 0 unspecified atom stereocenters. The minimum absolute atomic E-state index is 0.0223. The van der Waals surface area contributed by atoms with Gasteiger partial charge in [0.25, 0.3) is 0 Å². The first-order chi connectivity index (χ1) is 20.0. The molecular formula is C32H31NO8S. The minimum Gasteiger partial charge on any atom is -0.453 e. The van der Waals surface area contributed by atoms with Gasteiger partial charge in [-0.15, -0.1) is 6.42 Å². The number of nitrogens with one attached hydrogen (secondary N) is 1. The van der Waals surface area contributed by atoms with Crippen LogP contribution in [0.3, 0.4) is 0 Å². The fourth-order valence-corrected chi connectivity index (χ4v) is 6.53. The van der Waals surface area contributed by atoms with Gasteiger partial charge in [0.1, 0.15) is 12.2 Å². The molecule has 1 heterocycles. The zero-order valence-electron chi connectivity index (χ0n) is 23.3. The van der Waals surface area contributed by atoms with Crippen molar-refractivity contribution < 1.29 is 37.0 Å². The second-order valence-corrected chi connectivity index (χ2v) is 12.4. The number of esters is 2. The van der Waals surface area contributed by atoms with E-state index in [2.05, 4.69) is 10.6 Å². The third kappa shape index (κ3) is 6.10. The molecule has 0 aromatic heterocycles. The molecule has 42 heavy (non-hydrogen) atoms. The molecule has 10 heteroatoms. The maximum Gasteiger partial charge on any atom is 0.338 e. The lowest BCUT2D eigenvalue weighted by Gasteiger charge is -2.44. The van der Waals surface area contributed by atoms with E-state index in [1.54, 1.807) is 86.6 Å². The number of carbonyl (C=O) groups is 2. The second kappa shape index (κ2) is 11.7. The zero-order valence-corrected chi connectivity index (χ0v) is 24.1. The van der Waals surface area contributed by atoms with Gasteiger partial charge < -0.3 is 18.9 Å². The lowest BCUT2D eigenvalue weighted by atomic mass is 9.77. The molecule has 9 nitrogen and oxygen atoms in total. The summed E-state index contributed by atoms with van der Waals surface area (Å²) in [7, 11) is -4.11. The van der Waals surface area contributed by atoms with Crippen LogP contribution in [0.5, 0.6) is 0 Å². The SMILES string of the molecule is C#C[C@@H]1[C@@H](NS(=O)(=O)c2ccc(C)cc2)[C@@H]2OC(C)(C)O[C@@H]2[C@@H](OC(=O)c2ccccc2)[C@H]1OC(=O)c1ccccc1. The van der Waals surface area contributed by atoms with E-state index in [-0.39, 0.29) is 16.0 Å². The van der Waals surface area contributed by atoms with Crippen LogP contribution in [0.4, 0.5) is 0 Å². The number of fused-ring (bicyclic) bond motifs is 1. The Bertz CT molecular complexity index is 1580. The highest BCUT2D eigenvalue weighted by Crippen LogP contribution is 2.42. The van der Waals surface area contributed by atoms with Crippen LogP contribution in [-0.4, -0.2) is 56.6 Å². The largest absolute Gasteiger partial charge is 0.453 e. The van der Waals surface area contributed by atoms with Gasteiger partial charge in [-0.05, 0) is 57.2 Å². The van der Waals surface area contributed by atoms with Crippen molar-refractivity contribution in [3.8, 4) is 12.3 Å². The fraction of sp³-hybridized carbons (Fsp3) is 0.312. The van der Waals surface area contributed by atoms with E-state index in [9.17, 15) is 18.0 Å². The van der Waals surface area contributed by atoms with Crippen LogP contribution in [0.2, 0.25) is 0 Å². The number of sulfonamides is 1. The van der Waals surface area contributed by atoms with E-state index in [1.807, 2.05) is 6.92 Å². The van der Waals surface area contributed by atoms with E-state index in [0.29, 0.717) is 0 Å². The highest BCUT2D eigenvalue weighted by Gasteiger charge is 2.61. The van der Waals surface area contributed by atoms with Crippen LogP contribution in [0, 0.1) is 25.2 Å². The van der Waals surface area contributed by atoms with Crippen molar-refractivity contribution in [1.29, 1.82) is 0 Å². The average Bonchev–Trinajstić information content (AvgIpc) is 3.31. The van der Waals surface area contributed by atoms with E-state index in [0.717, 1.165) is 5.56 Å². The Hall–Kier alpha value is -4.01. The number of hydrogen-bond acceptors (Lipinski definition) is 8. The molecule has 1 aliphatic carbocycles. The Morgan fingerprint density at radius 3 is 1.83 bits per heavy atom. The third-order valence-electron chi connectivity index (χ3n) is 7.23. The van der Waals surface area contributed by atoms with Gasteiger partial charge in [0.2, 0.25) is 10.0 Å². The molecule has 6 atom stereocenters. The first-order valence-corrected chi connectivity index (χ1v) is 14.9. The highest BCUT2D eigenvalue weighted by molar-refractivity contribution is 7.89. The van der Waals surface area contributed by atoms with Crippen LogP contribution in [-0.2, 0) is 29.0 Å². The molecule has 0 radical (unpaired) electrons. The maximum atomic E-state index is 13.5. The topological polar surface area (TPSA) is 117 Å². The molecule has 5 rings (SSSR count). The summed E-state index contributed by atoms with van der Waals surface area (Å²) in [5, 5.41) is 0. The van der Waals surface area contributed by atoms with Crippen LogP contribution >= 0.6 is 0 Å². The monoisotopic (exact) mass is 589 g/mol. The molecule has 3 aromatic rings. The number of aryl methyl sites for hydroxylation is 1. The predicted octanol–water partition coefficient (Wildman–Crippen LogP) is 3.88. The summed E-state index contributed by atoms with van der Waals surface area (Å²) in [6, 6.07) is 21.8. The molecule has 1 aliphatic heterocycles. The number of carbonyl (C=O) groups excluding carboxylic acids is 2. The summed E-state index contributed by atoms with van der Waals surface area (Å²) in [5.74, 6) is -1.12. The van der Waals surface area contributed by atoms with Gasteiger partial charge >= 0.3 is 11.9 Å². The van der Waals surface area contributed by atoms with Gasteiger partial charge in [-0.25, -0.2) is 22.7 Å². The predicted molar refractivity (Wildman–Crippen MR) is 153 cm³/mol. The number of benzene rings is 3. The van der Waals surface area contributed by atoms with E-state index >= 15 is 0 Å². The molecule has 0 spiro atoms. The van der Waals surface area contributed by atoms with Crippen molar-refractivity contribution in [3.05, 3.63) is 102 Å². The van der Waals surface area contributed by atoms with Crippen molar-refractivity contribution in [2.75, 3.05) is 0 Å². The van der Waals surface area contributed by atoms with Crippen molar-refractivity contribution in [3.63, 3.8) is 0 Å². The third-order valence-corrected chi connectivity index (χ3v) is 8.70. The van der Waals surface area contributed by atoms with Crippen molar-refractivity contribution in [2.45, 2.75) is 61.9 Å². The van der Waals surface area contributed by atoms with Crippen molar-refractivity contribution >= 4 is 22.0 Å². The number of ether oxygens (including phenoxy) is 4. The number of terminal acetylenes is 1. The molecule has 1 saturated heterocycles. The maximum absolute atomic E-state index is 13.5. The van der Waals surface area contributed by atoms with Gasteiger partial charge in [-0.1, -0.05) is 60.0 Å². The Kier molecular flexibility index (Phi) is 8.21. The van der Waals surface area contributed by atoms with E-state index in [1.165, 1.54) is 12.1 Å². The normalized spacial score (nSPS) is 26.4. The summed E-state index contributed by atoms with van der Waals surface area (Å²) in [4.78, 5) is 26.6. The molecule has 1 saturated carbocycles. The Morgan fingerprint density at radius 1 is 0.810 bits per heavy atom. The van der Waals surface area contributed by atoms with Crippen molar-refractivity contribution in [1.82, 2.24) is 4.72 Å². The molecule has 218 valence electrons. The number of hydrogen-bond donors (Lipinski definition) is 1. The number of rotatable bonds is 7. The Balaban J connectivity index is 1.56. The van der Waals surface area contributed by atoms with E-state index in [4.69, 9.17) is 25.4 Å². The van der Waals surface area contributed by atoms with Gasteiger partial charge in [0, 0.05) is 0 Å². The molecule has 2 aliphatic rings. The quantitative estimate of drug-likeness (QED) is 0.326. The molecule has 1 N–H and O–H groups in total. The summed E-state index contributed by atoms with van der Waals surface area (Å²) in [5.41, 5.74) is 1.39. The highest BCUT2D eigenvalue weighted by atomic mass is 32.2. The van der Waals surface area contributed by atoms with Gasteiger partial charge in [-0.3, -0.25) is 0 Å². The van der Waals surface area contributed by atoms with Gasteiger partial charge in [0.15, 0.2) is 18.0 Å². The van der Waals surface area contributed by atoms with Gasteiger partial charge in [0.05, 0.1) is 28.0 Å². The zero-order chi connectivity index (χ0) is 30.1. The average molecular weight is 590 g/mol. The summed E-state index contributed by atoms with van der Waals surface area (Å²) in [6.07, 6.45) is 1.49. The molecule has 0 bridgehead atoms. The van der Waals surface area contributed by atoms with Crippen molar-refractivity contribution in [2.24, 2.45) is 5.92 Å². The Morgan fingerprint density at radius 2 is 1.31 bits per heavy atom. The van der Waals surface area contributed by atoms with Crippen LogP contribution in [0.1, 0.15) is 40.1 Å². The van der Waals surface area contributed by atoms with Crippen LogP contribution in [0.15, 0.2) is 89.8 Å². The lowest BCUT2D eigenvalue weighted by Crippen LogP contribution is -2.66. The van der Waals surface area contributed by atoms with Crippen LogP contribution < -0.4 is 4.72 Å². The smallest absolute Gasteiger partial charge is 0.338 e. The molecule has 3 aromatic carbocycles. The minimum atomic E-state index is -4.11. The second-order valence-electron chi connectivity index (χ2n) is 10.7. The van der Waals surface area contributed by atoms with Gasteiger partial charge in [-0.2, -0.15) is 0 Å². The Labute approximate surface area is 245 Å². The summed E-state index contributed by atoms with van der Waals surface area (Å²) < 4.78 is 54.0. The lowest BCUT2D eigenvalue weighted by molar-refractivity contribution is -0.161. The van der Waals surface area contributed by atoms with Crippen LogP contribution in [0.25, 0.3) is 0 Å².